The van der Waals surface area contributed by atoms with Gasteiger partial charge in [-0.05, 0) is 62.6 Å². The van der Waals surface area contributed by atoms with Crippen LogP contribution in [0.2, 0.25) is 0 Å². The minimum Gasteiger partial charge on any atom is -0.310 e. The van der Waals surface area contributed by atoms with E-state index in [4.69, 9.17) is 0 Å². The van der Waals surface area contributed by atoms with Crippen molar-refractivity contribution in [3.05, 3.63) is 64.7 Å². The standard InChI is InChI=1S/C18H23FN2/c1-4-9-20-18(12-15-7-5-6-8-17(15)19)16-10-13(2)21-14(3)11-16/h5-8,10-11,18,20H,4,9,12H2,1-3H3. The third-order valence-electron chi connectivity index (χ3n) is 3.53. The maximum absolute atomic E-state index is 13.9. The third kappa shape index (κ3) is 4.36. The lowest BCUT2D eigenvalue weighted by atomic mass is 9.98. The van der Waals surface area contributed by atoms with Gasteiger partial charge in [0.15, 0.2) is 0 Å². The topological polar surface area (TPSA) is 24.9 Å². The van der Waals surface area contributed by atoms with Gasteiger partial charge in [0.1, 0.15) is 5.82 Å². The molecule has 0 aliphatic rings. The fourth-order valence-corrected chi connectivity index (χ4v) is 2.58. The van der Waals surface area contributed by atoms with Crippen molar-refractivity contribution in [2.75, 3.05) is 6.54 Å². The average Bonchev–Trinajstić information content (AvgIpc) is 2.44. The van der Waals surface area contributed by atoms with Crippen molar-refractivity contribution in [1.29, 1.82) is 0 Å². The van der Waals surface area contributed by atoms with Crippen LogP contribution in [0.1, 0.15) is 41.9 Å². The van der Waals surface area contributed by atoms with E-state index in [1.807, 2.05) is 26.0 Å². The average molecular weight is 286 g/mol. The predicted molar refractivity (Wildman–Crippen MR) is 84.8 cm³/mol. The maximum Gasteiger partial charge on any atom is 0.126 e. The highest BCUT2D eigenvalue weighted by Crippen LogP contribution is 2.21. The van der Waals surface area contributed by atoms with Gasteiger partial charge >= 0.3 is 0 Å². The first kappa shape index (κ1) is 15.6. The van der Waals surface area contributed by atoms with E-state index in [2.05, 4.69) is 29.4 Å². The molecule has 1 aromatic heterocycles. The quantitative estimate of drug-likeness (QED) is 0.864. The predicted octanol–water partition coefficient (Wildman–Crippen LogP) is 4.12. The highest BCUT2D eigenvalue weighted by molar-refractivity contribution is 5.27. The van der Waals surface area contributed by atoms with E-state index >= 15 is 0 Å². The Bertz CT molecular complexity index is 575. The zero-order valence-corrected chi connectivity index (χ0v) is 13.0. The van der Waals surface area contributed by atoms with Crippen LogP contribution in [0, 0.1) is 19.7 Å². The summed E-state index contributed by atoms with van der Waals surface area (Å²) < 4.78 is 13.9. The van der Waals surface area contributed by atoms with Crippen molar-refractivity contribution in [2.45, 2.75) is 39.7 Å². The number of pyridine rings is 1. The highest BCUT2D eigenvalue weighted by atomic mass is 19.1. The van der Waals surface area contributed by atoms with Crippen molar-refractivity contribution in [3.63, 3.8) is 0 Å². The summed E-state index contributed by atoms with van der Waals surface area (Å²) in [6.07, 6.45) is 1.70. The Kier molecular flexibility index (Phi) is 5.45. The van der Waals surface area contributed by atoms with Crippen LogP contribution in [0.4, 0.5) is 4.39 Å². The number of aryl methyl sites for hydroxylation is 2. The second-order valence-corrected chi connectivity index (χ2v) is 5.49. The lowest BCUT2D eigenvalue weighted by Gasteiger charge is -2.20. The monoisotopic (exact) mass is 286 g/mol. The first-order valence-electron chi connectivity index (χ1n) is 7.52. The minimum absolute atomic E-state index is 0.113. The molecule has 0 aliphatic carbocycles. The second-order valence-electron chi connectivity index (χ2n) is 5.49. The van der Waals surface area contributed by atoms with Crippen molar-refractivity contribution >= 4 is 0 Å². The number of rotatable bonds is 6. The molecule has 112 valence electrons. The summed E-state index contributed by atoms with van der Waals surface area (Å²) in [5.74, 6) is -0.136. The van der Waals surface area contributed by atoms with Gasteiger partial charge < -0.3 is 5.32 Å². The minimum atomic E-state index is -0.136. The molecule has 1 atom stereocenters. The molecule has 0 saturated carbocycles. The van der Waals surface area contributed by atoms with Crippen molar-refractivity contribution in [1.82, 2.24) is 10.3 Å². The van der Waals surface area contributed by atoms with Crippen LogP contribution in [0.3, 0.4) is 0 Å². The zero-order chi connectivity index (χ0) is 15.2. The number of nitrogens with zero attached hydrogens (tertiary/aromatic N) is 1. The molecular formula is C18H23FN2. The third-order valence-corrected chi connectivity index (χ3v) is 3.53. The lowest BCUT2D eigenvalue weighted by Crippen LogP contribution is -2.24. The number of nitrogens with one attached hydrogen (secondary N) is 1. The molecule has 0 aliphatic heterocycles. The summed E-state index contributed by atoms with van der Waals surface area (Å²) in [7, 11) is 0. The van der Waals surface area contributed by atoms with Gasteiger partial charge in [0.05, 0.1) is 0 Å². The van der Waals surface area contributed by atoms with Gasteiger partial charge in [-0.3, -0.25) is 4.98 Å². The van der Waals surface area contributed by atoms with Gasteiger partial charge in [0, 0.05) is 17.4 Å². The molecule has 1 heterocycles. The van der Waals surface area contributed by atoms with Gasteiger partial charge in [-0.15, -0.1) is 0 Å². The number of hydrogen-bond donors (Lipinski definition) is 1. The van der Waals surface area contributed by atoms with Crippen LogP contribution in [0.15, 0.2) is 36.4 Å². The number of halogens is 1. The summed E-state index contributed by atoms with van der Waals surface area (Å²) >= 11 is 0. The van der Waals surface area contributed by atoms with Gasteiger partial charge in [0.25, 0.3) is 0 Å². The molecule has 1 N–H and O–H groups in total. The van der Waals surface area contributed by atoms with E-state index < -0.39 is 0 Å². The van der Waals surface area contributed by atoms with Crippen LogP contribution < -0.4 is 5.32 Å². The Morgan fingerprint density at radius 2 is 1.81 bits per heavy atom. The fraction of sp³-hybridized carbons (Fsp3) is 0.389. The molecule has 2 rings (SSSR count). The maximum atomic E-state index is 13.9. The van der Waals surface area contributed by atoms with E-state index in [9.17, 15) is 4.39 Å². The molecule has 0 amide bonds. The normalized spacial score (nSPS) is 12.4. The molecule has 0 bridgehead atoms. The van der Waals surface area contributed by atoms with Crippen molar-refractivity contribution in [2.24, 2.45) is 0 Å². The summed E-state index contributed by atoms with van der Waals surface area (Å²) in [5.41, 5.74) is 3.93. The van der Waals surface area contributed by atoms with E-state index in [1.54, 1.807) is 6.07 Å². The zero-order valence-electron chi connectivity index (χ0n) is 13.0. The highest BCUT2D eigenvalue weighted by Gasteiger charge is 2.14. The van der Waals surface area contributed by atoms with Crippen LogP contribution >= 0.6 is 0 Å². The number of benzene rings is 1. The molecular weight excluding hydrogens is 263 g/mol. The molecule has 0 radical (unpaired) electrons. The van der Waals surface area contributed by atoms with Crippen LogP contribution in [0.25, 0.3) is 0 Å². The molecule has 1 aromatic carbocycles. The smallest absolute Gasteiger partial charge is 0.126 e. The summed E-state index contributed by atoms with van der Waals surface area (Å²) in [5, 5.41) is 3.52. The molecule has 1 unspecified atom stereocenters. The van der Waals surface area contributed by atoms with E-state index in [-0.39, 0.29) is 11.9 Å². The number of aromatic nitrogens is 1. The Labute approximate surface area is 126 Å². The molecule has 2 nitrogen and oxygen atoms in total. The molecule has 2 aromatic rings. The van der Waals surface area contributed by atoms with Crippen LogP contribution in [0.5, 0.6) is 0 Å². The first-order valence-corrected chi connectivity index (χ1v) is 7.52. The van der Waals surface area contributed by atoms with E-state index in [0.29, 0.717) is 6.42 Å². The lowest BCUT2D eigenvalue weighted by molar-refractivity contribution is 0.512. The van der Waals surface area contributed by atoms with Gasteiger partial charge in [0.2, 0.25) is 0 Å². The van der Waals surface area contributed by atoms with Gasteiger partial charge in [-0.2, -0.15) is 0 Å². The van der Waals surface area contributed by atoms with E-state index in [0.717, 1.165) is 29.9 Å². The summed E-state index contributed by atoms with van der Waals surface area (Å²) in [4.78, 5) is 4.42. The second kappa shape index (κ2) is 7.32. The van der Waals surface area contributed by atoms with Gasteiger partial charge in [-0.1, -0.05) is 25.1 Å². The molecule has 0 saturated heterocycles. The number of hydrogen-bond acceptors (Lipinski definition) is 2. The summed E-state index contributed by atoms with van der Waals surface area (Å²) in [6.45, 7) is 7.04. The largest absolute Gasteiger partial charge is 0.310 e. The van der Waals surface area contributed by atoms with Crippen LogP contribution in [-0.4, -0.2) is 11.5 Å². The van der Waals surface area contributed by atoms with E-state index in [1.165, 1.54) is 11.6 Å². The molecule has 0 fully saturated rings. The fourth-order valence-electron chi connectivity index (χ4n) is 2.58. The Balaban J connectivity index is 2.27. The Morgan fingerprint density at radius 1 is 1.14 bits per heavy atom. The van der Waals surface area contributed by atoms with Crippen molar-refractivity contribution in [3.8, 4) is 0 Å². The van der Waals surface area contributed by atoms with Gasteiger partial charge in [-0.25, -0.2) is 4.39 Å². The van der Waals surface area contributed by atoms with Crippen molar-refractivity contribution < 1.29 is 4.39 Å². The molecule has 0 spiro atoms. The summed E-state index contributed by atoms with van der Waals surface area (Å²) in [6, 6.07) is 11.3. The Morgan fingerprint density at radius 3 is 2.43 bits per heavy atom. The Hall–Kier alpha value is -1.74. The SMILES string of the molecule is CCCNC(Cc1ccccc1F)c1cc(C)nc(C)c1. The molecule has 21 heavy (non-hydrogen) atoms. The molecule has 3 heteroatoms. The first-order chi connectivity index (χ1) is 10.1. The van der Waals surface area contributed by atoms with Crippen LogP contribution in [-0.2, 0) is 6.42 Å².